The van der Waals surface area contributed by atoms with E-state index in [1.165, 1.54) is 23.5 Å². The molecule has 0 bridgehead atoms. The van der Waals surface area contributed by atoms with Gasteiger partial charge < -0.3 is 26.9 Å². The van der Waals surface area contributed by atoms with E-state index in [1.54, 1.807) is 48.9 Å². The first-order valence-electron chi connectivity index (χ1n) is 12.3. The molecule has 0 saturated carbocycles. The van der Waals surface area contributed by atoms with Gasteiger partial charge in [-0.1, -0.05) is 93.7 Å². The fraction of sp³-hybridized carbons (Fsp3) is 0.154. The minimum Gasteiger partial charge on any atom is -0.477 e. The van der Waals surface area contributed by atoms with Gasteiger partial charge >= 0.3 is 5.97 Å². The number of aromatic nitrogens is 4. The monoisotopic (exact) mass is 749 g/mol. The molecule has 12 nitrogen and oxygen atoms in total. The minimum atomic E-state index is -1.21. The Morgan fingerprint density at radius 3 is 1.60 bits per heavy atom. The van der Waals surface area contributed by atoms with E-state index < -0.39 is 11.9 Å². The molecular formula is C26H24Cl5N9O3S2. The smallest absolute Gasteiger partial charge is 0.342 e. The number of carbonyl (C=O) groups excluding carboxylic acids is 1. The minimum absolute atomic E-state index is 0.0791. The predicted octanol–water partition coefficient (Wildman–Crippen LogP) is 6.97. The van der Waals surface area contributed by atoms with E-state index in [2.05, 4.69) is 36.0 Å². The van der Waals surface area contributed by atoms with Crippen LogP contribution in [0.15, 0.2) is 46.7 Å². The summed E-state index contributed by atoms with van der Waals surface area (Å²) in [4.78, 5) is 39.4. The van der Waals surface area contributed by atoms with Gasteiger partial charge in [-0.05, 0) is 47.9 Å². The zero-order valence-electron chi connectivity index (χ0n) is 23.3. The molecule has 19 heteroatoms. The number of carboxylic acids is 1. The van der Waals surface area contributed by atoms with E-state index in [4.69, 9.17) is 69.6 Å². The van der Waals surface area contributed by atoms with Crippen molar-refractivity contribution in [2.24, 2.45) is 11.6 Å². The summed E-state index contributed by atoms with van der Waals surface area (Å²) in [7, 11) is 0. The fourth-order valence-corrected chi connectivity index (χ4v) is 5.49. The Labute approximate surface area is 291 Å². The van der Waals surface area contributed by atoms with Crippen LogP contribution in [-0.4, -0.2) is 49.4 Å². The number of anilines is 3. The Bertz CT molecular complexity index is 1720. The van der Waals surface area contributed by atoms with Gasteiger partial charge in [0.05, 0.1) is 0 Å². The van der Waals surface area contributed by atoms with E-state index in [1.807, 2.05) is 0 Å². The lowest BCUT2D eigenvalue weighted by Crippen LogP contribution is -2.22. The summed E-state index contributed by atoms with van der Waals surface area (Å²) in [6, 6.07) is 10.2. The molecule has 0 fully saturated rings. The quantitative estimate of drug-likeness (QED) is 0.0303. The Hall–Kier alpha value is -2.95. The third-order valence-electron chi connectivity index (χ3n) is 5.62. The second-order valence-electron chi connectivity index (χ2n) is 8.50. The molecule has 2 heterocycles. The van der Waals surface area contributed by atoms with Gasteiger partial charge in [0.1, 0.15) is 27.9 Å². The van der Waals surface area contributed by atoms with E-state index >= 15 is 0 Å². The molecule has 0 unspecified atom stereocenters. The molecule has 2 aromatic heterocycles. The molecule has 0 saturated heterocycles. The standard InChI is InChI=1S/C13H10Cl3N3O2S.C13H14Cl2N6OS/c1-22-13-18-10(16)9(12(20)21)11(19-13)17-5-6-2-3-7(14)4-8(6)15;1-23-13-19-11(9(10(16)22)12(20-13)21-17)18-5-6-2-3-7(14)4-8(6)15/h2-4H,5H2,1H3,(H,20,21)(H,17,18,19);2-4H,5,17H2,1H3,(H2,16,22)(H2,18,19,20,21). The summed E-state index contributed by atoms with van der Waals surface area (Å²) < 4.78 is 0. The lowest BCUT2D eigenvalue weighted by molar-refractivity contribution is 0.0696. The summed E-state index contributed by atoms with van der Waals surface area (Å²) in [5.74, 6) is 4.07. The molecule has 0 aliphatic heterocycles. The highest BCUT2D eigenvalue weighted by molar-refractivity contribution is 7.98. The number of amides is 1. The van der Waals surface area contributed by atoms with Gasteiger partial charge in [-0.25, -0.2) is 30.6 Å². The van der Waals surface area contributed by atoms with Crippen molar-refractivity contribution in [1.29, 1.82) is 0 Å². The van der Waals surface area contributed by atoms with Crippen LogP contribution in [0, 0.1) is 0 Å². The molecule has 4 aromatic rings. The Morgan fingerprint density at radius 2 is 1.20 bits per heavy atom. The molecular weight excluding hydrogens is 728 g/mol. The molecule has 0 aliphatic rings. The maximum absolute atomic E-state index is 11.7. The van der Waals surface area contributed by atoms with Crippen LogP contribution in [0.4, 0.5) is 17.5 Å². The average molecular weight is 752 g/mol. The van der Waals surface area contributed by atoms with Gasteiger partial charge in [0.25, 0.3) is 5.91 Å². The van der Waals surface area contributed by atoms with Crippen LogP contribution in [0.5, 0.6) is 0 Å². The summed E-state index contributed by atoms with van der Waals surface area (Å²) >= 11 is 32.4. The molecule has 0 atom stereocenters. The first kappa shape index (κ1) is 36.5. The number of nitrogen functional groups attached to an aromatic ring is 1. The summed E-state index contributed by atoms with van der Waals surface area (Å²) in [5, 5.41) is 17.9. The predicted molar refractivity (Wildman–Crippen MR) is 184 cm³/mol. The number of hydrazine groups is 1. The van der Waals surface area contributed by atoms with E-state index in [0.717, 1.165) is 11.1 Å². The van der Waals surface area contributed by atoms with Crippen molar-refractivity contribution in [1.82, 2.24) is 19.9 Å². The number of nitrogens with zero attached hydrogens (tertiary/aromatic N) is 4. The van der Waals surface area contributed by atoms with Crippen LogP contribution in [0.2, 0.25) is 25.2 Å². The van der Waals surface area contributed by atoms with Crippen molar-refractivity contribution < 1.29 is 14.7 Å². The largest absolute Gasteiger partial charge is 0.477 e. The number of nitrogens with one attached hydrogen (secondary N) is 3. The normalized spacial score (nSPS) is 10.5. The number of carboxylic acid groups (broad SMARTS) is 1. The van der Waals surface area contributed by atoms with Crippen LogP contribution < -0.4 is 27.6 Å². The number of aromatic carboxylic acids is 1. The van der Waals surface area contributed by atoms with Gasteiger partial charge in [0.2, 0.25) is 0 Å². The second-order valence-corrected chi connectivity index (χ2v) is 12.1. The molecule has 2 aromatic carbocycles. The average Bonchev–Trinajstić information content (AvgIpc) is 2.99. The van der Waals surface area contributed by atoms with Crippen molar-refractivity contribution in [3.8, 4) is 0 Å². The van der Waals surface area contributed by atoms with Gasteiger partial charge in [0, 0.05) is 33.2 Å². The first-order chi connectivity index (χ1) is 21.4. The van der Waals surface area contributed by atoms with Crippen LogP contribution in [-0.2, 0) is 13.1 Å². The molecule has 0 spiro atoms. The Morgan fingerprint density at radius 1 is 0.756 bits per heavy atom. The number of carbonyl (C=O) groups is 2. The van der Waals surface area contributed by atoms with Crippen molar-refractivity contribution in [3.05, 3.63) is 83.9 Å². The second kappa shape index (κ2) is 17.1. The third kappa shape index (κ3) is 10.0. The zero-order valence-corrected chi connectivity index (χ0v) is 28.7. The first-order valence-corrected chi connectivity index (χ1v) is 16.6. The maximum atomic E-state index is 11.7. The number of hydrogen-bond donors (Lipinski definition) is 6. The molecule has 4 rings (SSSR count). The number of halogens is 5. The lowest BCUT2D eigenvalue weighted by Gasteiger charge is -2.14. The van der Waals surface area contributed by atoms with Crippen molar-refractivity contribution in [2.75, 3.05) is 28.6 Å². The van der Waals surface area contributed by atoms with E-state index in [-0.39, 0.29) is 40.3 Å². The molecule has 0 radical (unpaired) electrons. The number of rotatable bonds is 11. The summed E-state index contributed by atoms with van der Waals surface area (Å²) in [6.45, 7) is 0.600. The SMILES string of the molecule is CSc1nc(Cl)c(C(=O)O)c(NCc2ccc(Cl)cc2Cl)n1.CSc1nc(NN)c(C(N)=O)c(NCc2ccc(Cl)cc2Cl)n1. The van der Waals surface area contributed by atoms with Crippen molar-refractivity contribution >= 4 is 111 Å². The van der Waals surface area contributed by atoms with Crippen LogP contribution in [0.3, 0.4) is 0 Å². The number of hydrogen-bond acceptors (Lipinski definition) is 12. The van der Waals surface area contributed by atoms with Gasteiger partial charge in [0.15, 0.2) is 16.1 Å². The Kier molecular flexibility index (Phi) is 13.9. The Balaban J connectivity index is 0.000000246. The zero-order chi connectivity index (χ0) is 33.3. The molecule has 8 N–H and O–H groups in total. The number of nitrogens with two attached hydrogens (primary N) is 2. The molecule has 1 amide bonds. The topological polar surface area (TPSA) is 194 Å². The number of thioether (sulfide) groups is 2. The highest BCUT2D eigenvalue weighted by Gasteiger charge is 2.20. The molecule has 0 aliphatic carbocycles. The highest BCUT2D eigenvalue weighted by Crippen LogP contribution is 2.28. The fourth-order valence-electron chi connectivity index (χ4n) is 3.51. The van der Waals surface area contributed by atoms with Gasteiger partial charge in [-0.2, -0.15) is 0 Å². The van der Waals surface area contributed by atoms with Crippen LogP contribution >= 0.6 is 81.5 Å². The molecule has 238 valence electrons. The van der Waals surface area contributed by atoms with Gasteiger partial charge in [-0.3, -0.25) is 4.79 Å². The third-order valence-corrected chi connectivity index (χ3v) is 8.16. The highest BCUT2D eigenvalue weighted by atomic mass is 35.5. The summed E-state index contributed by atoms with van der Waals surface area (Å²) in [6.07, 6.45) is 3.57. The van der Waals surface area contributed by atoms with Crippen LogP contribution in [0.1, 0.15) is 31.8 Å². The maximum Gasteiger partial charge on any atom is 0.342 e. The van der Waals surface area contributed by atoms with Crippen molar-refractivity contribution in [3.63, 3.8) is 0 Å². The lowest BCUT2D eigenvalue weighted by atomic mass is 10.2. The van der Waals surface area contributed by atoms with Gasteiger partial charge in [-0.15, -0.1) is 0 Å². The number of benzene rings is 2. The summed E-state index contributed by atoms with van der Waals surface area (Å²) in [5.41, 5.74) is 9.20. The number of primary amides is 1. The molecule has 45 heavy (non-hydrogen) atoms. The van der Waals surface area contributed by atoms with Crippen LogP contribution in [0.25, 0.3) is 0 Å². The van der Waals surface area contributed by atoms with E-state index in [0.29, 0.717) is 36.9 Å². The van der Waals surface area contributed by atoms with Crippen molar-refractivity contribution in [2.45, 2.75) is 23.4 Å². The van der Waals surface area contributed by atoms with E-state index in [9.17, 15) is 14.7 Å².